The summed E-state index contributed by atoms with van der Waals surface area (Å²) in [5.41, 5.74) is 7.63. The van der Waals surface area contributed by atoms with Gasteiger partial charge < -0.3 is 10.3 Å². The Morgan fingerprint density at radius 1 is 1.47 bits per heavy atom. The molecule has 0 unspecified atom stereocenters. The van der Waals surface area contributed by atoms with Gasteiger partial charge >= 0.3 is 0 Å². The second-order valence-corrected chi connectivity index (χ2v) is 4.09. The Kier molecular flexibility index (Phi) is 3.88. The Balaban J connectivity index is 2.21. The van der Waals surface area contributed by atoms with Crippen molar-refractivity contribution in [2.24, 2.45) is 5.73 Å². The number of pyridine rings is 1. The molecule has 0 spiro atoms. The minimum absolute atomic E-state index is 0.443. The van der Waals surface area contributed by atoms with Crippen LogP contribution in [0.25, 0.3) is 11.3 Å². The van der Waals surface area contributed by atoms with Gasteiger partial charge in [0.2, 0.25) is 0 Å². The molecule has 0 radical (unpaired) electrons. The van der Waals surface area contributed by atoms with Crippen molar-refractivity contribution < 1.29 is 0 Å². The predicted molar refractivity (Wildman–Crippen MR) is 68.5 cm³/mol. The van der Waals surface area contributed by atoms with E-state index in [0.29, 0.717) is 12.6 Å². The van der Waals surface area contributed by atoms with Crippen molar-refractivity contribution in [1.82, 2.24) is 14.5 Å². The van der Waals surface area contributed by atoms with Crippen LogP contribution in [-0.2, 0) is 0 Å². The maximum atomic E-state index is 5.62. The van der Waals surface area contributed by atoms with Gasteiger partial charge in [0.05, 0.1) is 12.0 Å². The lowest BCUT2D eigenvalue weighted by molar-refractivity contribution is 0.458. The average Bonchev–Trinajstić information content (AvgIpc) is 2.86. The molecule has 0 fully saturated rings. The second kappa shape index (κ2) is 5.59. The summed E-state index contributed by atoms with van der Waals surface area (Å²) in [6.45, 7) is 2.88. The Bertz CT molecular complexity index is 449. The van der Waals surface area contributed by atoms with Gasteiger partial charge in [0.1, 0.15) is 0 Å². The number of aromatic nitrogens is 3. The molecule has 1 atom stereocenters. The van der Waals surface area contributed by atoms with Crippen LogP contribution in [0.4, 0.5) is 0 Å². The van der Waals surface area contributed by atoms with Crippen molar-refractivity contribution in [3.8, 4) is 11.3 Å². The van der Waals surface area contributed by atoms with Crippen LogP contribution in [0.2, 0.25) is 0 Å². The quantitative estimate of drug-likeness (QED) is 0.857. The van der Waals surface area contributed by atoms with E-state index in [-0.39, 0.29) is 0 Å². The highest BCUT2D eigenvalue weighted by Crippen LogP contribution is 2.20. The summed E-state index contributed by atoms with van der Waals surface area (Å²) in [7, 11) is 0. The van der Waals surface area contributed by atoms with E-state index < -0.39 is 0 Å². The summed E-state index contributed by atoms with van der Waals surface area (Å²) in [5, 5.41) is 0. The van der Waals surface area contributed by atoms with Crippen LogP contribution >= 0.6 is 0 Å². The molecule has 4 heteroatoms. The molecular formula is C13H18N4. The molecule has 2 rings (SSSR count). The van der Waals surface area contributed by atoms with E-state index in [1.807, 2.05) is 24.7 Å². The SMILES string of the molecule is CC[C@H](CCN)n1cnc(-c2cccnc2)c1. The van der Waals surface area contributed by atoms with Crippen LogP contribution in [0, 0.1) is 0 Å². The lowest BCUT2D eigenvalue weighted by atomic mass is 10.1. The molecule has 0 bridgehead atoms. The van der Waals surface area contributed by atoms with Crippen LogP contribution < -0.4 is 5.73 Å². The van der Waals surface area contributed by atoms with Gasteiger partial charge in [-0.2, -0.15) is 0 Å². The van der Waals surface area contributed by atoms with E-state index >= 15 is 0 Å². The molecule has 2 aromatic rings. The topological polar surface area (TPSA) is 56.7 Å². The van der Waals surface area contributed by atoms with Crippen molar-refractivity contribution in [3.05, 3.63) is 37.1 Å². The summed E-state index contributed by atoms with van der Waals surface area (Å²) < 4.78 is 2.15. The Labute approximate surface area is 102 Å². The highest BCUT2D eigenvalue weighted by atomic mass is 15.1. The van der Waals surface area contributed by atoms with Crippen LogP contribution in [0.3, 0.4) is 0 Å². The van der Waals surface area contributed by atoms with Gasteiger partial charge in [-0.1, -0.05) is 6.92 Å². The van der Waals surface area contributed by atoms with Gasteiger partial charge in [-0.15, -0.1) is 0 Å². The molecular weight excluding hydrogens is 212 g/mol. The van der Waals surface area contributed by atoms with Crippen LogP contribution in [-0.4, -0.2) is 21.1 Å². The normalized spacial score (nSPS) is 12.6. The summed E-state index contributed by atoms with van der Waals surface area (Å²) >= 11 is 0. The number of hydrogen-bond donors (Lipinski definition) is 1. The van der Waals surface area contributed by atoms with Crippen molar-refractivity contribution in [3.63, 3.8) is 0 Å². The molecule has 0 saturated carbocycles. The molecule has 0 aromatic carbocycles. The first-order valence-corrected chi connectivity index (χ1v) is 5.99. The summed E-state index contributed by atoms with van der Waals surface area (Å²) in [6, 6.07) is 4.38. The standard InChI is InChI=1S/C13H18N4/c1-2-12(5-6-14)17-9-13(16-10-17)11-4-3-7-15-8-11/h3-4,7-10,12H,2,5-6,14H2,1H3/t12-/m1/s1. The van der Waals surface area contributed by atoms with Crippen molar-refractivity contribution in [2.75, 3.05) is 6.54 Å². The van der Waals surface area contributed by atoms with Gasteiger partial charge in [0, 0.05) is 30.2 Å². The predicted octanol–water partition coefficient (Wildman–Crippen LogP) is 2.25. The fourth-order valence-electron chi connectivity index (χ4n) is 1.96. The van der Waals surface area contributed by atoms with Crippen LogP contribution in [0.5, 0.6) is 0 Å². The molecule has 0 amide bonds. The van der Waals surface area contributed by atoms with Crippen LogP contribution in [0.1, 0.15) is 25.8 Å². The molecule has 2 N–H and O–H groups in total. The highest BCUT2D eigenvalue weighted by Gasteiger charge is 2.09. The Morgan fingerprint density at radius 2 is 2.35 bits per heavy atom. The molecule has 17 heavy (non-hydrogen) atoms. The lowest BCUT2D eigenvalue weighted by Crippen LogP contribution is -2.11. The minimum Gasteiger partial charge on any atom is -0.334 e. The third-order valence-electron chi connectivity index (χ3n) is 2.95. The van der Waals surface area contributed by atoms with E-state index in [2.05, 4.69) is 27.7 Å². The molecule has 0 aliphatic heterocycles. The zero-order valence-corrected chi connectivity index (χ0v) is 10.1. The highest BCUT2D eigenvalue weighted by molar-refractivity contribution is 5.56. The van der Waals surface area contributed by atoms with E-state index in [0.717, 1.165) is 24.1 Å². The van der Waals surface area contributed by atoms with Gasteiger partial charge in [-0.3, -0.25) is 4.98 Å². The maximum absolute atomic E-state index is 5.62. The first-order valence-electron chi connectivity index (χ1n) is 5.99. The monoisotopic (exact) mass is 230 g/mol. The molecule has 0 saturated heterocycles. The molecule has 4 nitrogen and oxygen atoms in total. The van der Waals surface area contributed by atoms with Gasteiger partial charge in [-0.25, -0.2) is 4.98 Å². The smallest absolute Gasteiger partial charge is 0.0956 e. The van der Waals surface area contributed by atoms with E-state index in [1.54, 1.807) is 6.20 Å². The first kappa shape index (κ1) is 11.8. The molecule has 2 heterocycles. The van der Waals surface area contributed by atoms with Crippen molar-refractivity contribution in [2.45, 2.75) is 25.8 Å². The van der Waals surface area contributed by atoms with E-state index in [9.17, 15) is 0 Å². The van der Waals surface area contributed by atoms with Crippen molar-refractivity contribution in [1.29, 1.82) is 0 Å². The lowest BCUT2D eigenvalue weighted by Gasteiger charge is -2.14. The van der Waals surface area contributed by atoms with E-state index in [4.69, 9.17) is 5.73 Å². The van der Waals surface area contributed by atoms with E-state index in [1.165, 1.54) is 0 Å². The third-order valence-corrected chi connectivity index (χ3v) is 2.95. The second-order valence-electron chi connectivity index (χ2n) is 4.09. The largest absolute Gasteiger partial charge is 0.334 e. The number of rotatable bonds is 5. The average molecular weight is 230 g/mol. The minimum atomic E-state index is 0.443. The number of imidazole rings is 1. The number of nitrogens with two attached hydrogens (primary N) is 1. The summed E-state index contributed by atoms with van der Waals surface area (Å²) in [6.07, 6.45) is 9.60. The molecule has 0 aliphatic carbocycles. The fraction of sp³-hybridized carbons (Fsp3) is 0.385. The van der Waals surface area contributed by atoms with Crippen LogP contribution in [0.15, 0.2) is 37.1 Å². The molecule has 0 aliphatic rings. The summed E-state index contributed by atoms with van der Waals surface area (Å²) in [5.74, 6) is 0. The fourth-order valence-corrected chi connectivity index (χ4v) is 1.96. The zero-order valence-electron chi connectivity index (χ0n) is 10.1. The Hall–Kier alpha value is -1.68. The Morgan fingerprint density at radius 3 is 3.00 bits per heavy atom. The molecule has 2 aromatic heterocycles. The van der Waals surface area contributed by atoms with Gasteiger partial charge in [0.25, 0.3) is 0 Å². The number of hydrogen-bond acceptors (Lipinski definition) is 3. The molecule has 90 valence electrons. The zero-order chi connectivity index (χ0) is 12.1. The first-order chi connectivity index (χ1) is 8.35. The van der Waals surface area contributed by atoms with Crippen molar-refractivity contribution >= 4 is 0 Å². The van der Waals surface area contributed by atoms with Gasteiger partial charge in [-0.05, 0) is 31.5 Å². The maximum Gasteiger partial charge on any atom is 0.0956 e. The van der Waals surface area contributed by atoms with Gasteiger partial charge in [0.15, 0.2) is 0 Å². The third kappa shape index (κ3) is 2.71. The number of nitrogens with zero attached hydrogens (tertiary/aromatic N) is 3. The summed E-state index contributed by atoms with van der Waals surface area (Å²) in [4.78, 5) is 8.52.